The summed E-state index contributed by atoms with van der Waals surface area (Å²) in [5.74, 6) is 1.53. The summed E-state index contributed by atoms with van der Waals surface area (Å²) in [6, 6.07) is 6.07. The highest BCUT2D eigenvalue weighted by atomic mass is 32.1. The van der Waals surface area contributed by atoms with Gasteiger partial charge in [0.05, 0.1) is 0 Å². The van der Waals surface area contributed by atoms with Crippen molar-refractivity contribution < 1.29 is 9.47 Å². The van der Waals surface area contributed by atoms with E-state index in [1.54, 1.807) is 0 Å². The van der Waals surface area contributed by atoms with Crippen LogP contribution in [-0.2, 0) is 0 Å². The smallest absolute Gasteiger partial charge is 0.231 e. The molecule has 0 saturated carbocycles. The van der Waals surface area contributed by atoms with Crippen molar-refractivity contribution in [2.45, 2.75) is 32.7 Å². The highest BCUT2D eigenvalue weighted by Gasteiger charge is 2.13. The molecule has 0 spiro atoms. The van der Waals surface area contributed by atoms with Crippen LogP contribution in [0.2, 0.25) is 0 Å². The molecule has 0 radical (unpaired) electrons. The van der Waals surface area contributed by atoms with Gasteiger partial charge in [-0.2, -0.15) is 0 Å². The zero-order valence-electron chi connectivity index (χ0n) is 10.7. The first-order valence-corrected chi connectivity index (χ1v) is 6.57. The first-order chi connectivity index (χ1) is 8.69. The lowest BCUT2D eigenvalue weighted by atomic mass is 10.2. The van der Waals surface area contributed by atoms with Gasteiger partial charge < -0.3 is 20.1 Å². The van der Waals surface area contributed by atoms with Gasteiger partial charge in [0.2, 0.25) is 6.79 Å². The van der Waals surface area contributed by atoms with E-state index in [0.29, 0.717) is 11.2 Å². The van der Waals surface area contributed by atoms with E-state index in [4.69, 9.17) is 21.7 Å². The highest BCUT2D eigenvalue weighted by molar-refractivity contribution is 7.80. The Morgan fingerprint density at radius 2 is 2.17 bits per heavy atom. The Bertz CT molecular complexity index is 437. The summed E-state index contributed by atoms with van der Waals surface area (Å²) in [6.07, 6.45) is 2.24. The molecule has 2 N–H and O–H groups in total. The van der Waals surface area contributed by atoms with E-state index in [-0.39, 0.29) is 6.79 Å². The number of ether oxygens (including phenoxy) is 2. The highest BCUT2D eigenvalue weighted by Crippen LogP contribution is 2.34. The Balaban J connectivity index is 1.91. The molecule has 1 atom stereocenters. The average molecular weight is 266 g/mol. The lowest BCUT2D eigenvalue weighted by Gasteiger charge is -2.16. The lowest BCUT2D eigenvalue weighted by Crippen LogP contribution is -2.35. The van der Waals surface area contributed by atoms with Crippen LogP contribution in [-0.4, -0.2) is 17.9 Å². The third-order valence-corrected chi connectivity index (χ3v) is 2.95. The van der Waals surface area contributed by atoms with Crippen molar-refractivity contribution in [1.29, 1.82) is 0 Å². The molecule has 0 fully saturated rings. The molecule has 0 unspecified atom stereocenters. The Morgan fingerprint density at radius 1 is 1.39 bits per heavy atom. The van der Waals surface area contributed by atoms with Gasteiger partial charge in [0, 0.05) is 17.8 Å². The van der Waals surface area contributed by atoms with Gasteiger partial charge in [0.15, 0.2) is 16.6 Å². The molecule has 0 bridgehead atoms. The average Bonchev–Trinajstić information content (AvgIpc) is 2.76. The fourth-order valence-corrected chi connectivity index (χ4v) is 2.19. The minimum atomic E-state index is 0.287. The standard InChI is InChI=1S/C13H18N2O2S/c1-3-4-9(2)14-13(18)15-10-5-6-11-12(7-10)17-8-16-11/h5-7,9H,3-4,8H2,1-2H3,(H2,14,15,18)/t9-/m1/s1. The second-order valence-electron chi connectivity index (χ2n) is 4.36. The molecule has 1 aromatic rings. The third-order valence-electron chi connectivity index (χ3n) is 2.73. The number of rotatable bonds is 4. The first kappa shape index (κ1) is 13.0. The largest absolute Gasteiger partial charge is 0.454 e. The van der Waals surface area contributed by atoms with Crippen molar-refractivity contribution >= 4 is 23.0 Å². The van der Waals surface area contributed by atoms with Crippen LogP contribution in [0.4, 0.5) is 5.69 Å². The summed E-state index contributed by atoms with van der Waals surface area (Å²) >= 11 is 5.26. The van der Waals surface area contributed by atoms with Crippen molar-refractivity contribution in [2.24, 2.45) is 0 Å². The zero-order valence-corrected chi connectivity index (χ0v) is 11.5. The van der Waals surface area contributed by atoms with E-state index in [9.17, 15) is 0 Å². The van der Waals surface area contributed by atoms with Crippen molar-refractivity contribution in [3.05, 3.63) is 18.2 Å². The minimum Gasteiger partial charge on any atom is -0.454 e. The van der Waals surface area contributed by atoms with Crippen LogP contribution in [0.25, 0.3) is 0 Å². The summed E-state index contributed by atoms with van der Waals surface area (Å²) < 4.78 is 10.6. The molecule has 0 amide bonds. The predicted octanol–water partition coefficient (Wildman–Crippen LogP) is 2.89. The van der Waals surface area contributed by atoms with Crippen LogP contribution in [0, 0.1) is 0 Å². The second-order valence-corrected chi connectivity index (χ2v) is 4.76. The molecule has 98 valence electrons. The molecule has 18 heavy (non-hydrogen) atoms. The SMILES string of the molecule is CCC[C@@H](C)NC(=S)Nc1ccc2c(c1)OCO2. The molecule has 1 aliphatic rings. The van der Waals surface area contributed by atoms with E-state index in [1.165, 1.54) is 0 Å². The fourth-order valence-electron chi connectivity index (χ4n) is 1.87. The molecular weight excluding hydrogens is 248 g/mol. The van der Waals surface area contributed by atoms with E-state index in [0.717, 1.165) is 30.0 Å². The number of anilines is 1. The molecule has 0 aromatic heterocycles. The van der Waals surface area contributed by atoms with Gasteiger partial charge in [-0.3, -0.25) is 0 Å². The maximum Gasteiger partial charge on any atom is 0.231 e. The predicted molar refractivity (Wildman–Crippen MR) is 76.3 cm³/mol. The Hall–Kier alpha value is -1.49. The van der Waals surface area contributed by atoms with Crippen LogP contribution in [0.1, 0.15) is 26.7 Å². The van der Waals surface area contributed by atoms with Crippen LogP contribution >= 0.6 is 12.2 Å². The number of thiocarbonyl (C=S) groups is 1. The third kappa shape index (κ3) is 3.26. The summed E-state index contributed by atoms with van der Waals surface area (Å²) in [5.41, 5.74) is 0.903. The molecule has 1 heterocycles. The van der Waals surface area contributed by atoms with Gasteiger partial charge in [0.1, 0.15) is 0 Å². The normalized spacial score (nSPS) is 14.1. The Morgan fingerprint density at radius 3 is 2.94 bits per heavy atom. The van der Waals surface area contributed by atoms with E-state index >= 15 is 0 Å². The van der Waals surface area contributed by atoms with E-state index < -0.39 is 0 Å². The van der Waals surface area contributed by atoms with Crippen molar-refractivity contribution in [1.82, 2.24) is 5.32 Å². The van der Waals surface area contributed by atoms with Gasteiger partial charge >= 0.3 is 0 Å². The molecule has 4 nitrogen and oxygen atoms in total. The number of hydrogen-bond donors (Lipinski definition) is 2. The summed E-state index contributed by atoms with van der Waals surface area (Å²) in [6.45, 7) is 4.57. The van der Waals surface area contributed by atoms with Crippen LogP contribution in [0.5, 0.6) is 11.5 Å². The maximum atomic E-state index is 5.31. The number of benzene rings is 1. The molecule has 0 saturated heterocycles. The first-order valence-electron chi connectivity index (χ1n) is 6.16. The molecule has 0 aliphatic carbocycles. The van der Waals surface area contributed by atoms with Gasteiger partial charge in [0.25, 0.3) is 0 Å². The summed E-state index contributed by atoms with van der Waals surface area (Å²) in [7, 11) is 0. The van der Waals surface area contributed by atoms with Crippen LogP contribution in [0.15, 0.2) is 18.2 Å². The number of hydrogen-bond acceptors (Lipinski definition) is 3. The minimum absolute atomic E-state index is 0.287. The molecule has 2 rings (SSSR count). The molecule has 5 heteroatoms. The van der Waals surface area contributed by atoms with Gasteiger partial charge in [-0.25, -0.2) is 0 Å². The maximum absolute atomic E-state index is 5.31. The Kier molecular flexibility index (Phi) is 4.25. The van der Waals surface area contributed by atoms with Gasteiger partial charge in [-0.15, -0.1) is 0 Å². The fraction of sp³-hybridized carbons (Fsp3) is 0.462. The van der Waals surface area contributed by atoms with Gasteiger partial charge in [-0.05, 0) is 37.7 Å². The second kappa shape index (κ2) is 5.91. The van der Waals surface area contributed by atoms with E-state index in [1.807, 2.05) is 18.2 Å². The molecule has 1 aliphatic heterocycles. The summed E-state index contributed by atoms with van der Waals surface area (Å²) in [4.78, 5) is 0. The zero-order chi connectivity index (χ0) is 13.0. The van der Waals surface area contributed by atoms with Crippen molar-refractivity contribution in [2.75, 3.05) is 12.1 Å². The quantitative estimate of drug-likeness (QED) is 0.820. The molecule has 1 aromatic carbocycles. The number of fused-ring (bicyclic) bond motifs is 1. The summed E-state index contributed by atoms with van der Waals surface area (Å²) in [5, 5.41) is 7.03. The molecular formula is C13H18N2O2S. The lowest BCUT2D eigenvalue weighted by molar-refractivity contribution is 0.174. The monoisotopic (exact) mass is 266 g/mol. The topological polar surface area (TPSA) is 42.5 Å². The number of nitrogens with one attached hydrogen (secondary N) is 2. The van der Waals surface area contributed by atoms with Gasteiger partial charge in [-0.1, -0.05) is 13.3 Å². The van der Waals surface area contributed by atoms with Crippen LogP contribution in [0.3, 0.4) is 0 Å². The van der Waals surface area contributed by atoms with E-state index in [2.05, 4.69) is 24.5 Å². The Labute approximate surface area is 113 Å². The van der Waals surface area contributed by atoms with Crippen molar-refractivity contribution in [3.63, 3.8) is 0 Å². The van der Waals surface area contributed by atoms with Crippen molar-refractivity contribution in [3.8, 4) is 11.5 Å². The van der Waals surface area contributed by atoms with Crippen LogP contribution < -0.4 is 20.1 Å².